The number of Topliss-reactive ketones (excluding diaryl/α,β-unsaturated/α-hetero) is 1. The van der Waals surface area contributed by atoms with E-state index in [9.17, 15) is 19.5 Å². The van der Waals surface area contributed by atoms with Crippen LogP contribution in [0.5, 0.6) is 0 Å². The van der Waals surface area contributed by atoms with Crippen molar-refractivity contribution in [2.45, 2.75) is 58.8 Å². The van der Waals surface area contributed by atoms with E-state index in [1.165, 1.54) is 6.92 Å². The summed E-state index contributed by atoms with van der Waals surface area (Å²) in [7, 11) is 0. The van der Waals surface area contributed by atoms with Crippen LogP contribution in [0.4, 0.5) is 0 Å². The van der Waals surface area contributed by atoms with E-state index < -0.39 is 53.3 Å². The summed E-state index contributed by atoms with van der Waals surface area (Å²) in [6.45, 7) is 8.24. The van der Waals surface area contributed by atoms with Gasteiger partial charge in [-0.15, -0.1) is 0 Å². The molecule has 0 unspecified atom stereocenters. The SMILES string of the molecule is CC(C)OC(=O)[C@H]1C(=O)C[C@](C)(O)[C@@H](C(=O)OC(C)C)[C@H]1C=Cc1ccccc1. The van der Waals surface area contributed by atoms with Crippen LogP contribution in [0.15, 0.2) is 36.4 Å². The van der Waals surface area contributed by atoms with Crippen LogP contribution >= 0.6 is 0 Å². The zero-order valence-electron chi connectivity index (χ0n) is 17.6. The normalized spacial score (nSPS) is 27.4. The lowest BCUT2D eigenvalue weighted by Crippen LogP contribution is -2.56. The Labute approximate surface area is 171 Å². The highest BCUT2D eigenvalue weighted by Gasteiger charge is 2.56. The van der Waals surface area contributed by atoms with Crippen molar-refractivity contribution < 1.29 is 29.0 Å². The lowest BCUT2D eigenvalue weighted by molar-refractivity contribution is -0.178. The van der Waals surface area contributed by atoms with Gasteiger partial charge in [0.25, 0.3) is 0 Å². The number of allylic oxidation sites excluding steroid dienone is 1. The predicted molar refractivity (Wildman–Crippen MR) is 109 cm³/mol. The Bertz CT molecular complexity index is 755. The average molecular weight is 402 g/mol. The quantitative estimate of drug-likeness (QED) is 0.581. The van der Waals surface area contributed by atoms with Crippen molar-refractivity contribution in [2.24, 2.45) is 17.8 Å². The summed E-state index contributed by atoms with van der Waals surface area (Å²) in [6, 6.07) is 9.32. The monoisotopic (exact) mass is 402 g/mol. The van der Waals surface area contributed by atoms with Crippen LogP contribution in [0.25, 0.3) is 6.08 Å². The highest BCUT2D eigenvalue weighted by atomic mass is 16.5. The molecule has 0 aromatic heterocycles. The maximum Gasteiger partial charge on any atom is 0.317 e. The van der Waals surface area contributed by atoms with Gasteiger partial charge >= 0.3 is 11.9 Å². The van der Waals surface area contributed by atoms with Crippen molar-refractivity contribution in [3.8, 4) is 0 Å². The summed E-state index contributed by atoms with van der Waals surface area (Å²) in [6.07, 6.45) is 2.26. The summed E-state index contributed by atoms with van der Waals surface area (Å²) in [5.41, 5.74) is -0.791. The molecule has 0 radical (unpaired) electrons. The first kappa shape index (κ1) is 22.8. The Hall–Kier alpha value is -2.47. The molecule has 0 bridgehead atoms. The van der Waals surface area contributed by atoms with Crippen molar-refractivity contribution in [1.29, 1.82) is 0 Å². The van der Waals surface area contributed by atoms with E-state index in [2.05, 4.69) is 0 Å². The van der Waals surface area contributed by atoms with E-state index in [1.54, 1.807) is 39.8 Å². The number of benzene rings is 1. The van der Waals surface area contributed by atoms with E-state index in [-0.39, 0.29) is 6.42 Å². The molecule has 1 aliphatic carbocycles. The largest absolute Gasteiger partial charge is 0.463 e. The minimum Gasteiger partial charge on any atom is -0.463 e. The molecule has 1 N–H and O–H groups in total. The van der Waals surface area contributed by atoms with Crippen molar-refractivity contribution in [3.05, 3.63) is 42.0 Å². The Morgan fingerprint density at radius 3 is 2.17 bits per heavy atom. The van der Waals surface area contributed by atoms with E-state index in [0.29, 0.717) is 0 Å². The molecule has 6 nitrogen and oxygen atoms in total. The standard InChI is InChI=1S/C23H30O6/c1-14(2)28-21(25)19-17(12-11-16-9-7-6-8-10-16)20(22(26)29-15(3)4)23(5,27)13-18(19)24/h6-12,14-15,17,19-20,27H,13H2,1-5H3/t17-,19+,20+,23-/m0/s1. The van der Waals surface area contributed by atoms with Gasteiger partial charge in [0.05, 0.1) is 23.7 Å². The zero-order chi connectivity index (χ0) is 21.8. The molecule has 1 saturated carbocycles. The number of aliphatic hydroxyl groups is 1. The average Bonchev–Trinajstić information content (AvgIpc) is 2.58. The first-order valence-electron chi connectivity index (χ1n) is 9.92. The predicted octanol–water partition coefficient (Wildman–Crippen LogP) is 3.18. The van der Waals surface area contributed by atoms with Crippen LogP contribution in [-0.2, 0) is 23.9 Å². The minimum absolute atomic E-state index is 0.321. The summed E-state index contributed by atoms with van der Waals surface area (Å²) in [5.74, 6) is -4.91. The molecule has 4 atom stereocenters. The lowest BCUT2D eigenvalue weighted by Gasteiger charge is -2.42. The molecule has 6 heteroatoms. The maximum absolute atomic E-state index is 12.9. The summed E-state index contributed by atoms with van der Waals surface area (Å²) in [5, 5.41) is 10.9. The third-order valence-electron chi connectivity index (χ3n) is 4.84. The smallest absolute Gasteiger partial charge is 0.317 e. The second-order valence-electron chi connectivity index (χ2n) is 8.27. The fourth-order valence-electron chi connectivity index (χ4n) is 3.71. The number of hydrogen-bond acceptors (Lipinski definition) is 6. The van der Waals surface area contributed by atoms with Crippen LogP contribution in [-0.4, -0.2) is 40.6 Å². The van der Waals surface area contributed by atoms with Gasteiger partial charge in [-0.1, -0.05) is 42.5 Å². The molecule has 1 aromatic rings. The molecule has 2 rings (SSSR count). The second kappa shape index (κ2) is 9.35. The number of rotatable bonds is 6. The molecule has 29 heavy (non-hydrogen) atoms. The van der Waals surface area contributed by atoms with Gasteiger partial charge in [0.2, 0.25) is 0 Å². The van der Waals surface area contributed by atoms with Crippen LogP contribution in [0.2, 0.25) is 0 Å². The zero-order valence-corrected chi connectivity index (χ0v) is 17.6. The molecular weight excluding hydrogens is 372 g/mol. The van der Waals surface area contributed by atoms with Crippen molar-refractivity contribution in [2.75, 3.05) is 0 Å². The van der Waals surface area contributed by atoms with Gasteiger partial charge in [-0.2, -0.15) is 0 Å². The highest BCUT2D eigenvalue weighted by Crippen LogP contribution is 2.42. The fraction of sp³-hybridized carbons (Fsp3) is 0.522. The minimum atomic E-state index is -1.64. The van der Waals surface area contributed by atoms with Gasteiger partial charge in [-0.25, -0.2) is 0 Å². The topological polar surface area (TPSA) is 89.9 Å². The highest BCUT2D eigenvalue weighted by molar-refractivity contribution is 6.02. The van der Waals surface area contributed by atoms with Gasteiger partial charge in [0.1, 0.15) is 5.92 Å². The number of hydrogen-bond donors (Lipinski definition) is 1. The second-order valence-corrected chi connectivity index (χ2v) is 8.27. The van der Waals surface area contributed by atoms with Crippen LogP contribution < -0.4 is 0 Å². The van der Waals surface area contributed by atoms with Gasteiger partial charge < -0.3 is 14.6 Å². The molecule has 1 aliphatic rings. The maximum atomic E-state index is 12.9. The van der Waals surface area contributed by atoms with Gasteiger partial charge in [0, 0.05) is 12.3 Å². The summed E-state index contributed by atoms with van der Waals surface area (Å²) < 4.78 is 10.6. The van der Waals surface area contributed by atoms with Crippen molar-refractivity contribution in [1.82, 2.24) is 0 Å². The Balaban J connectivity index is 2.50. The first-order chi connectivity index (χ1) is 13.5. The van der Waals surface area contributed by atoms with Gasteiger partial charge in [-0.05, 0) is 40.2 Å². The number of carbonyl (C=O) groups is 3. The molecule has 158 valence electrons. The van der Waals surface area contributed by atoms with Crippen molar-refractivity contribution in [3.63, 3.8) is 0 Å². The molecular formula is C23H30O6. The van der Waals surface area contributed by atoms with E-state index in [4.69, 9.17) is 9.47 Å². The molecule has 0 saturated heterocycles. The lowest BCUT2D eigenvalue weighted by atomic mass is 9.63. The van der Waals surface area contributed by atoms with E-state index in [1.807, 2.05) is 30.3 Å². The molecule has 0 aliphatic heterocycles. The Kier molecular flexibility index (Phi) is 7.36. The van der Waals surface area contributed by atoms with Crippen LogP contribution in [0.1, 0.15) is 46.6 Å². The molecule has 0 heterocycles. The van der Waals surface area contributed by atoms with Crippen molar-refractivity contribution >= 4 is 23.8 Å². The third-order valence-corrected chi connectivity index (χ3v) is 4.84. The van der Waals surface area contributed by atoms with E-state index in [0.717, 1.165) is 5.56 Å². The number of ether oxygens (including phenoxy) is 2. The van der Waals surface area contributed by atoms with Gasteiger partial charge in [0.15, 0.2) is 5.78 Å². The third kappa shape index (κ3) is 5.76. The molecule has 0 spiro atoms. The number of esters is 2. The Morgan fingerprint density at radius 2 is 1.62 bits per heavy atom. The van der Waals surface area contributed by atoms with E-state index >= 15 is 0 Å². The van der Waals surface area contributed by atoms with Crippen LogP contribution in [0, 0.1) is 17.8 Å². The van der Waals surface area contributed by atoms with Gasteiger partial charge in [-0.3, -0.25) is 14.4 Å². The molecule has 1 aromatic carbocycles. The van der Waals surface area contributed by atoms with Crippen LogP contribution in [0.3, 0.4) is 0 Å². The summed E-state index contributed by atoms with van der Waals surface area (Å²) >= 11 is 0. The Morgan fingerprint density at radius 1 is 1.07 bits per heavy atom. The number of ketones is 1. The first-order valence-corrected chi connectivity index (χ1v) is 9.92. The number of carbonyl (C=O) groups excluding carboxylic acids is 3. The molecule has 0 amide bonds. The fourth-order valence-corrected chi connectivity index (χ4v) is 3.71. The molecule has 1 fully saturated rings. The summed E-state index contributed by atoms with van der Waals surface area (Å²) in [4.78, 5) is 38.4.